The molecule has 0 aromatic carbocycles. The number of fused-ring (bicyclic) bond motifs is 3. The second-order valence-electron chi connectivity index (χ2n) is 7.50. The van der Waals surface area contributed by atoms with Crippen LogP contribution in [0.5, 0.6) is 0 Å². The van der Waals surface area contributed by atoms with Crippen molar-refractivity contribution in [2.24, 2.45) is 5.92 Å². The van der Waals surface area contributed by atoms with E-state index in [0.29, 0.717) is 12.5 Å². The van der Waals surface area contributed by atoms with Crippen LogP contribution in [0.4, 0.5) is 0 Å². The van der Waals surface area contributed by atoms with Gasteiger partial charge >= 0.3 is 0 Å². The fraction of sp³-hybridized carbons (Fsp3) is 0.667. The molecule has 1 fully saturated rings. The Balaban J connectivity index is 1.65. The van der Waals surface area contributed by atoms with Crippen molar-refractivity contribution in [1.29, 1.82) is 0 Å². The molecule has 0 amide bonds. The van der Waals surface area contributed by atoms with Gasteiger partial charge in [0.15, 0.2) is 0 Å². The van der Waals surface area contributed by atoms with Gasteiger partial charge in [-0.05, 0) is 44.6 Å². The maximum atomic E-state index is 12.7. The van der Waals surface area contributed by atoms with Gasteiger partial charge in [0.05, 0.1) is 24.1 Å². The summed E-state index contributed by atoms with van der Waals surface area (Å²) >= 11 is 1.72. The van der Waals surface area contributed by atoms with E-state index in [2.05, 4.69) is 30.7 Å². The number of nitrogens with zero attached hydrogens (tertiary/aromatic N) is 2. The third-order valence-corrected chi connectivity index (χ3v) is 6.23. The second-order valence-corrected chi connectivity index (χ2v) is 8.58. The molecule has 2 aromatic heterocycles. The van der Waals surface area contributed by atoms with Crippen molar-refractivity contribution >= 4 is 21.6 Å². The van der Waals surface area contributed by atoms with Gasteiger partial charge in [-0.2, -0.15) is 0 Å². The van der Waals surface area contributed by atoms with Gasteiger partial charge in [-0.3, -0.25) is 9.69 Å². The average molecular weight is 347 g/mol. The summed E-state index contributed by atoms with van der Waals surface area (Å²) in [6.45, 7) is 8.92. The van der Waals surface area contributed by atoms with Crippen molar-refractivity contribution < 1.29 is 4.74 Å². The summed E-state index contributed by atoms with van der Waals surface area (Å²) in [4.78, 5) is 25.1. The fourth-order valence-corrected chi connectivity index (χ4v) is 5.50. The first-order valence-electron chi connectivity index (χ1n) is 8.91. The Morgan fingerprint density at radius 2 is 2.04 bits per heavy atom. The van der Waals surface area contributed by atoms with E-state index in [1.807, 2.05) is 0 Å². The number of hydrogen-bond acceptors (Lipinski definition) is 5. The smallest absolute Gasteiger partial charge is 0.259 e. The Bertz CT molecular complexity index is 802. The van der Waals surface area contributed by atoms with E-state index < -0.39 is 0 Å². The largest absolute Gasteiger partial charge is 0.373 e. The number of aromatic amines is 1. The molecule has 0 spiro atoms. The molecule has 2 aliphatic rings. The topological polar surface area (TPSA) is 58.2 Å². The maximum absolute atomic E-state index is 12.7. The van der Waals surface area contributed by atoms with Crippen LogP contribution >= 0.6 is 11.3 Å². The van der Waals surface area contributed by atoms with Gasteiger partial charge in [-0.15, -0.1) is 11.3 Å². The van der Waals surface area contributed by atoms with Gasteiger partial charge < -0.3 is 9.72 Å². The van der Waals surface area contributed by atoms with Crippen LogP contribution in [0.3, 0.4) is 0 Å². The summed E-state index contributed by atoms with van der Waals surface area (Å²) < 4.78 is 5.78. The molecular weight excluding hydrogens is 322 g/mol. The molecular formula is C18H25N3O2S. The molecule has 0 saturated carbocycles. The molecule has 3 heterocycles. The summed E-state index contributed by atoms with van der Waals surface area (Å²) in [7, 11) is 0. The van der Waals surface area contributed by atoms with Crippen LogP contribution in [-0.2, 0) is 24.1 Å². The van der Waals surface area contributed by atoms with Gasteiger partial charge in [0, 0.05) is 18.0 Å². The van der Waals surface area contributed by atoms with E-state index >= 15 is 0 Å². The van der Waals surface area contributed by atoms with Crippen molar-refractivity contribution in [1.82, 2.24) is 14.9 Å². The lowest BCUT2D eigenvalue weighted by Crippen LogP contribution is -2.45. The van der Waals surface area contributed by atoms with E-state index in [1.165, 1.54) is 16.9 Å². The second kappa shape index (κ2) is 6.24. The molecule has 4 rings (SSSR count). The molecule has 1 saturated heterocycles. The number of aryl methyl sites for hydroxylation is 1. The van der Waals surface area contributed by atoms with Crippen LogP contribution < -0.4 is 5.56 Å². The van der Waals surface area contributed by atoms with Gasteiger partial charge in [0.25, 0.3) is 5.56 Å². The lowest BCUT2D eigenvalue weighted by Gasteiger charge is -2.34. The molecule has 6 heteroatoms. The lowest BCUT2D eigenvalue weighted by atomic mass is 9.89. The molecule has 130 valence electrons. The molecule has 0 bridgehead atoms. The number of thiophene rings is 1. The SMILES string of the molecule is C[C@@H]1CCc2c(sc3nc(CN4C[C@@H](C)O[C@H](C)C4)[nH]c(=O)c23)C1. The van der Waals surface area contributed by atoms with Gasteiger partial charge in [-0.1, -0.05) is 6.92 Å². The maximum Gasteiger partial charge on any atom is 0.259 e. The predicted octanol–water partition coefficient (Wildman–Crippen LogP) is 2.72. The zero-order valence-electron chi connectivity index (χ0n) is 14.6. The minimum absolute atomic E-state index is 0.0383. The summed E-state index contributed by atoms with van der Waals surface area (Å²) in [6, 6.07) is 0. The van der Waals surface area contributed by atoms with Gasteiger partial charge in [0.1, 0.15) is 10.7 Å². The van der Waals surface area contributed by atoms with E-state index in [-0.39, 0.29) is 17.8 Å². The zero-order valence-corrected chi connectivity index (χ0v) is 15.4. The van der Waals surface area contributed by atoms with Crippen molar-refractivity contribution in [2.45, 2.75) is 58.8 Å². The number of nitrogens with one attached hydrogen (secondary N) is 1. The molecule has 1 aliphatic heterocycles. The Morgan fingerprint density at radius 3 is 2.79 bits per heavy atom. The number of hydrogen-bond donors (Lipinski definition) is 1. The fourth-order valence-electron chi connectivity index (χ4n) is 4.09. The van der Waals surface area contributed by atoms with Crippen molar-refractivity contribution in [3.05, 3.63) is 26.6 Å². The van der Waals surface area contributed by atoms with Crippen molar-refractivity contribution in [3.8, 4) is 0 Å². The van der Waals surface area contributed by atoms with Crippen LogP contribution in [0.2, 0.25) is 0 Å². The van der Waals surface area contributed by atoms with Gasteiger partial charge in [-0.25, -0.2) is 4.98 Å². The van der Waals surface area contributed by atoms with Gasteiger partial charge in [0.2, 0.25) is 0 Å². The molecule has 1 N–H and O–H groups in total. The molecule has 0 radical (unpaired) electrons. The third-order valence-electron chi connectivity index (χ3n) is 5.08. The predicted molar refractivity (Wildman–Crippen MR) is 96.7 cm³/mol. The number of ether oxygens (including phenoxy) is 1. The Morgan fingerprint density at radius 1 is 1.29 bits per heavy atom. The number of rotatable bonds is 2. The van der Waals surface area contributed by atoms with Crippen LogP contribution in [0, 0.1) is 5.92 Å². The minimum Gasteiger partial charge on any atom is -0.373 e. The van der Waals surface area contributed by atoms with E-state index in [1.54, 1.807) is 11.3 Å². The lowest BCUT2D eigenvalue weighted by molar-refractivity contribution is -0.0710. The van der Waals surface area contributed by atoms with E-state index in [4.69, 9.17) is 9.72 Å². The monoisotopic (exact) mass is 347 g/mol. The molecule has 24 heavy (non-hydrogen) atoms. The standard InChI is InChI=1S/C18H25N3O2S/c1-10-4-5-13-14(6-10)24-18-16(13)17(22)19-15(20-18)9-21-7-11(2)23-12(3)8-21/h10-12H,4-9H2,1-3H3,(H,19,20,22)/t10-,11-,12-/m1/s1. The quantitative estimate of drug-likeness (QED) is 0.907. The summed E-state index contributed by atoms with van der Waals surface area (Å²) in [5.41, 5.74) is 1.29. The summed E-state index contributed by atoms with van der Waals surface area (Å²) in [6.07, 6.45) is 3.71. The summed E-state index contributed by atoms with van der Waals surface area (Å²) in [5.74, 6) is 1.49. The highest BCUT2D eigenvalue weighted by molar-refractivity contribution is 7.18. The molecule has 0 unspecified atom stereocenters. The Labute approximate surface area is 146 Å². The van der Waals surface area contributed by atoms with E-state index in [0.717, 1.165) is 42.0 Å². The van der Waals surface area contributed by atoms with E-state index in [9.17, 15) is 4.79 Å². The highest BCUT2D eigenvalue weighted by Gasteiger charge is 2.25. The van der Waals surface area contributed by atoms with Crippen LogP contribution in [0.25, 0.3) is 10.2 Å². The molecule has 3 atom stereocenters. The minimum atomic E-state index is 0.0383. The highest BCUT2D eigenvalue weighted by atomic mass is 32.1. The Kier molecular flexibility index (Phi) is 4.22. The summed E-state index contributed by atoms with van der Waals surface area (Å²) in [5, 5.41) is 0.842. The first kappa shape index (κ1) is 16.2. The average Bonchev–Trinajstić information content (AvgIpc) is 2.83. The van der Waals surface area contributed by atoms with Crippen LogP contribution in [0.1, 0.15) is 43.5 Å². The molecule has 2 aromatic rings. The Hall–Kier alpha value is -1.24. The number of H-pyrrole nitrogens is 1. The molecule has 5 nitrogen and oxygen atoms in total. The first-order chi connectivity index (χ1) is 11.5. The van der Waals surface area contributed by atoms with Crippen LogP contribution in [0.15, 0.2) is 4.79 Å². The zero-order chi connectivity index (χ0) is 16.8. The highest BCUT2D eigenvalue weighted by Crippen LogP contribution is 2.35. The third kappa shape index (κ3) is 3.03. The number of aromatic nitrogens is 2. The molecule has 1 aliphatic carbocycles. The van der Waals surface area contributed by atoms with Crippen molar-refractivity contribution in [3.63, 3.8) is 0 Å². The normalized spacial score (nSPS) is 28.2. The number of morpholine rings is 1. The first-order valence-corrected chi connectivity index (χ1v) is 9.72. The van der Waals surface area contributed by atoms with Crippen LogP contribution in [-0.4, -0.2) is 40.2 Å². The van der Waals surface area contributed by atoms with Crippen molar-refractivity contribution in [2.75, 3.05) is 13.1 Å².